The Kier molecular flexibility index (Phi) is 5.75. The summed E-state index contributed by atoms with van der Waals surface area (Å²) in [7, 11) is 3.62. The van der Waals surface area contributed by atoms with E-state index in [0.717, 1.165) is 72.7 Å². The van der Waals surface area contributed by atoms with Gasteiger partial charge in [0.1, 0.15) is 17.1 Å². The number of nitrogen functional groups attached to an aromatic ring is 1. The van der Waals surface area contributed by atoms with Gasteiger partial charge in [-0.1, -0.05) is 0 Å². The Balaban J connectivity index is 1.43. The number of nitrogens with zero attached hydrogens (tertiary/aromatic N) is 5. The van der Waals surface area contributed by atoms with Gasteiger partial charge in [-0.15, -0.1) is 0 Å². The number of anilines is 1. The van der Waals surface area contributed by atoms with Gasteiger partial charge in [0, 0.05) is 50.1 Å². The first-order valence-electron chi connectivity index (χ1n) is 13.0. The minimum Gasteiger partial charge on any atom is -0.494 e. The molecule has 9 heteroatoms. The van der Waals surface area contributed by atoms with Crippen molar-refractivity contribution in [3.05, 3.63) is 29.3 Å². The molecule has 4 N–H and O–H groups in total. The first-order chi connectivity index (χ1) is 17.4. The van der Waals surface area contributed by atoms with Crippen LogP contribution in [0.4, 0.5) is 5.82 Å². The molecule has 0 unspecified atom stereocenters. The van der Waals surface area contributed by atoms with E-state index in [9.17, 15) is 4.79 Å². The lowest BCUT2D eigenvalue weighted by Crippen LogP contribution is -2.45. The summed E-state index contributed by atoms with van der Waals surface area (Å²) in [6, 6.07) is 6.25. The molecule has 2 saturated carbocycles. The molecular formula is C27H35N7O2. The van der Waals surface area contributed by atoms with Gasteiger partial charge in [0.2, 0.25) is 0 Å². The number of fused-ring (bicyclic) bond motifs is 1. The second-order valence-electron chi connectivity index (χ2n) is 10.6. The highest BCUT2D eigenvalue weighted by Crippen LogP contribution is 2.38. The fraction of sp³-hybridized carbons (Fsp3) is 0.519. The molecule has 6 rings (SSSR count). The molecule has 2 aromatic heterocycles. The molecule has 9 nitrogen and oxygen atoms in total. The summed E-state index contributed by atoms with van der Waals surface area (Å²) in [4.78, 5) is 24.8. The maximum absolute atomic E-state index is 13.3. The highest BCUT2D eigenvalue weighted by molar-refractivity contribution is 6.00. The fourth-order valence-corrected chi connectivity index (χ4v) is 5.23. The van der Waals surface area contributed by atoms with Gasteiger partial charge < -0.3 is 30.2 Å². The Hall–Kier alpha value is -3.33. The van der Waals surface area contributed by atoms with Crippen LogP contribution >= 0.6 is 0 Å². The first kappa shape index (κ1) is 23.1. The van der Waals surface area contributed by atoms with E-state index in [1.165, 1.54) is 12.8 Å². The number of carbonyl (C=O) groups excluding carboxylic acids is 1. The van der Waals surface area contributed by atoms with Crippen molar-refractivity contribution in [2.45, 2.75) is 57.2 Å². The number of amides is 1. The van der Waals surface area contributed by atoms with E-state index in [2.05, 4.69) is 15.6 Å². The van der Waals surface area contributed by atoms with Crippen molar-refractivity contribution in [1.82, 2.24) is 19.0 Å². The van der Waals surface area contributed by atoms with Crippen molar-refractivity contribution in [2.24, 2.45) is 23.7 Å². The van der Waals surface area contributed by atoms with E-state index in [1.807, 2.05) is 34.9 Å². The molecule has 190 valence electrons. The number of aliphatic imine (C=N–C) groups is 1. The summed E-state index contributed by atoms with van der Waals surface area (Å²) in [5.41, 5.74) is 16.8. The minimum absolute atomic E-state index is 0.0251. The summed E-state index contributed by atoms with van der Waals surface area (Å²) in [6.45, 7) is 2.17. The Morgan fingerprint density at radius 1 is 1.22 bits per heavy atom. The van der Waals surface area contributed by atoms with Crippen LogP contribution in [0, 0.1) is 5.92 Å². The molecule has 1 amide bonds. The highest BCUT2D eigenvalue weighted by atomic mass is 16.5. The van der Waals surface area contributed by atoms with Gasteiger partial charge >= 0.3 is 0 Å². The van der Waals surface area contributed by atoms with Gasteiger partial charge in [0.05, 0.1) is 24.4 Å². The predicted molar refractivity (Wildman–Crippen MR) is 142 cm³/mol. The summed E-state index contributed by atoms with van der Waals surface area (Å²) in [5, 5.41) is 0. The molecule has 1 aliphatic heterocycles. The second-order valence-corrected chi connectivity index (χ2v) is 10.6. The Labute approximate surface area is 211 Å². The molecule has 36 heavy (non-hydrogen) atoms. The van der Waals surface area contributed by atoms with Gasteiger partial charge in [0.15, 0.2) is 5.82 Å². The maximum atomic E-state index is 13.3. The minimum atomic E-state index is -0.0301. The van der Waals surface area contributed by atoms with Crippen LogP contribution in [-0.2, 0) is 13.6 Å². The van der Waals surface area contributed by atoms with Crippen LogP contribution in [0.25, 0.3) is 22.6 Å². The summed E-state index contributed by atoms with van der Waals surface area (Å²) < 4.78 is 9.98. The lowest BCUT2D eigenvalue weighted by molar-refractivity contribution is 0.0708. The van der Waals surface area contributed by atoms with Crippen LogP contribution in [-0.4, -0.2) is 63.4 Å². The number of hydrogen-bond donors (Lipinski definition) is 2. The lowest BCUT2D eigenvalue weighted by Gasteiger charge is -2.30. The van der Waals surface area contributed by atoms with Gasteiger partial charge in [-0.05, 0) is 62.6 Å². The molecule has 1 saturated heterocycles. The Bertz CT molecular complexity index is 1350. The third kappa shape index (κ3) is 4.25. The quantitative estimate of drug-likeness (QED) is 0.495. The topological polar surface area (TPSA) is 117 Å². The maximum Gasteiger partial charge on any atom is 0.254 e. The molecule has 0 bridgehead atoms. The van der Waals surface area contributed by atoms with Crippen molar-refractivity contribution in [1.29, 1.82) is 0 Å². The Morgan fingerprint density at radius 2 is 2.03 bits per heavy atom. The van der Waals surface area contributed by atoms with Crippen LogP contribution in [0.5, 0.6) is 5.75 Å². The van der Waals surface area contributed by atoms with E-state index in [0.29, 0.717) is 29.8 Å². The predicted octanol–water partition coefficient (Wildman–Crippen LogP) is 3.19. The fourth-order valence-electron chi connectivity index (χ4n) is 5.23. The zero-order valence-corrected chi connectivity index (χ0v) is 21.1. The smallest absolute Gasteiger partial charge is 0.254 e. The molecule has 0 radical (unpaired) electrons. The summed E-state index contributed by atoms with van der Waals surface area (Å²) in [6.07, 6.45) is 8.55. The largest absolute Gasteiger partial charge is 0.494 e. The normalized spacial score (nSPS) is 20.5. The number of carbonyl (C=O) groups is 1. The van der Waals surface area contributed by atoms with Crippen LogP contribution < -0.4 is 16.2 Å². The van der Waals surface area contributed by atoms with Crippen molar-refractivity contribution in [3.8, 4) is 17.3 Å². The number of piperidine rings is 1. The van der Waals surface area contributed by atoms with Crippen molar-refractivity contribution in [3.63, 3.8) is 0 Å². The monoisotopic (exact) mass is 489 g/mol. The number of methoxy groups -OCH3 is 1. The lowest BCUT2D eigenvalue weighted by atomic mass is 10.0. The van der Waals surface area contributed by atoms with Crippen LogP contribution in [0.15, 0.2) is 23.2 Å². The second kappa shape index (κ2) is 8.96. The third-order valence-corrected chi connectivity index (χ3v) is 7.65. The molecule has 3 heterocycles. The highest BCUT2D eigenvalue weighted by Gasteiger charge is 2.28. The summed E-state index contributed by atoms with van der Waals surface area (Å²) in [5.74, 6) is 2.78. The molecule has 3 aliphatic rings. The molecule has 1 aromatic carbocycles. The van der Waals surface area contributed by atoms with Crippen LogP contribution in [0.1, 0.15) is 54.4 Å². The van der Waals surface area contributed by atoms with Gasteiger partial charge in [-0.3, -0.25) is 9.79 Å². The van der Waals surface area contributed by atoms with Gasteiger partial charge in [-0.25, -0.2) is 4.98 Å². The van der Waals surface area contributed by atoms with E-state index >= 15 is 0 Å². The Morgan fingerprint density at radius 3 is 2.72 bits per heavy atom. The van der Waals surface area contributed by atoms with E-state index in [4.69, 9.17) is 21.2 Å². The average Bonchev–Trinajstić information content (AvgIpc) is 3.80. The standard InChI is InChI=1S/C27H35N7O2/c1-32-24-21(10-17(12-23(24)36-2)27(35)33-9-3-4-19(28)15-33)31-26(32)22-11-18(13-30-20-7-8-20)25(29)34(22)14-16-5-6-16/h10-13,16,19-20H,3-9,14-15,28-29H2,1-2H3/t19-/m1/s1. The molecule has 3 aromatic rings. The first-order valence-corrected chi connectivity index (χ1v) is 13.0. The number of benzene rings is 1. The van der Waals surface area contributed by atoms with Crippen LogP contribution in [0.2, 0.25) is 0 Å². The molecular weight excluding hydrogens is 454 g/mol. The molecule has 1 atom stereocenters. The van der Waals surface area contributed by atoms with E-state index in [1.54, 1.807) is 7.11 Å². The number of imidazole rings is 1. The van der Waals surface area contributed by atoms with E-state index < -0.39 is 0 Å². The van der Waals surface area contributed by atoms with Crippen molar-refractivity contribution < 1.29 is 9.53 Å². The zero-order chi connectivity index (χ0) is 25.0. The molecule has 3 fully saturated rings. The number of rotatable bonds is 7. The SMILES string of the molecule is COc1cc(C(=O)N2CCC[C@@H](N)C2)cc2nc(-c3cc(C=NC4CC4)c(N)n3CC3CC3)n(C)c12. The number of aromatic nitrogens is 3. The van der Waals surface area contributed by atoms with Crippen LogP contribution in [0.3, 0.4) is 0 Å². The number of nitrogens with two attached hydrogens (primary N) is 2. The summed E-state index contributed by atoms with van der Waals surface area (Å²) >= 11 is 0. The van der Waals surface area contributed by atoms with Gasteiger partial charge in [0.25, 0.3) is 5.91 Å². The van der Waals surface area contributed by atoms with Crippen molar-refractivity contribution >= 4 is 29.0 Å². The number of likely N-dealkylation sites (tertiary alicyclic amines) is 1. The average molecular weight is 490 g/mol. The zero-order valence-electron chi connectivity index (χ0n) is 21.1. The van der Waals surface area contributed by atoms with E-state index in [-0.39, 0.29) is 11.9 Å². The van der Waals surface area contributed by atoms with Gasteiger partial charge in [-0.2, -0.15) is 0 Å². The number of ether oxygens (including phenoxy) is 1. The van der Waals surface area contributed by atoms with Crippen molar-refractivity contribution in [2.75, 3.05) is 25.9 Å². The molecule has 0 spiro atoms. The number of hydrogen-bond acceptors (Lipinski definition) is 6. The molecule has 2 aliphatic carbocycles. The number of aryl methyl sites for hydroxylation is 1. The third-order valence-electron chi connectivity index (χ3n) is 7.65.